The highest BCUT2D eigenvalue weighted by molar-refractivity contribution is 7.80. The maximum absolute atomic E-state index is 12.2. The second-order valence-electron chi connectivity index (χ2n) is 4.64. The molecule has 0 radical (unpaired) electrons. The van der Waals surface area contributed by atoms with Crippen LogP contribution < -0.4 is 10.6 Å². The highest BCUT2D eigenvalue weighted by Gasteiger charge is 2.14. The van der Waals surface area contributed by atoms with Gasteiger partial charge in [-0.15, -0.1) is 0 Å². The molecule has 2 aromatic carbocycles. The zero-order chi connectivity index (χ0) is 17.3. The van der Waals surface area contributed by atoms with E-state index in [2.05, 4.69) is 15.6 Å². The molecule has 0 aliphatic carbocycles. The van der Waals surface area contributed by atoms with Crippen LogP contribution in [0.25, 0.3) is 10.2 Å². The van der Waals surface area contributed by atoms with Gasteiger partial charge >= 0.3 is 0 Å². The minimum absolute atomic E-state index is 0.112. The van der Waals surface area contributed by atoms with Crippen LogP contribution in [0.4, 0.5) is 5.13 Å². The van der Waals surface area contributed by atoms with Crippen molar-refractivity contribution in [3.8, 4) is 0 Å². The number of thiazole rings is 1. The third kappa shape index (κ3) is 3.79. The molecule has 1 heterocycles. The number of nitrogens with zero attached hydrogens (tertiary/aromatic N) is 1. The molecule has 3 aromatic rings. The number of nitrogens with one attached hydrogen (secondary N) is 2. The number of fused-ring (bicyclic) bond motifs is 1. The zero-order valence-corrected chi connectivity index (χ0v) is 15.7. The fourth-order valence-electron chi connectivity index (χ4n) is 1.94. The molecule has 1 amide bonds. The minimum Gasteiger partial charge on any atom is -0.308 e. The van der Waals surface area contributed by atoms with Gasteiger partial charge in [-0.1, -0.05) is 52.2 Å². The van der Waals surface area contributed by atoms with Gasteiger partial charge in [0.15, 0.2) is 10.2 Å². The molecule has 0 aliphatic heterocycles. The Bertz CT molecular complexity index is 958. The summed E-state index contributed by atoms with van der Waals surface area (Å²) < 4.78 is 0.917. The van der Waals surface area contributed by atoms with Crippen LogP contribution in [0, 0.1) is 0 Å². The van der Waals surface area contributed by atoms with Gasteiger partial charge in [-0.2, -0.15) is 0 Å². The first-order chi connectivity index (χ1) is 11.4. The van der Waals surface area contributed by atoms with E-state index in [1.165, 1.54) is 23.5 Å². The fourth-order valence-corrected chi connectivity index (χ4v) is 3.86. The molecule has 0 unspecified atom stereocenters. The summed E-state index contributed by atoms with van der Waals surface area (Å²) in [5.74, 6) is -0.437. The third-order valence-electron chi connectivity index (χ3n) is 2.99. The molecule has 0 saturated heterocycles. The van der Waals surface area contributed by atoms with Crippen molar-refractivity contribution in [2.24, 2.45) is 0 Å². The second kappa shape index (κ2) is 7.21. The Kier molecular flexibility index (Phi) is 5.22. The second-order valence-corrected chi connectivity index (χ2v) is 7.33. The Morgan fingerprint density at radius 1 is 1.12 bits per heavy atom. The number of hydrogen-bond donors (Lipinski definition) is 2. The number of amides is 1. The van der Waals surface area contributed by atoms with E-state index in [1.807, 2.05) is 12.1 Å². The highest BCUT2D eigenvalue weighted by atomic mass is 35.5. The number of anilines is 1. The molecular weight excluding hydrogens is 409 g/mol. The van der Waals surface area contributed by atoms with Crippen molar-refractivity contribution >= 4 is 84.7 Å². The molecule has 3 rings (SSSR count). The van der Waals surface area contributed by atoms with Gasteiger partial charge in [0.25, 0.3) is 5.91 Å². The number of carbonyl (C=O) groups excluding carboxylic acids is 1. The summed E-state index contributed by atoms with van der Waals surface area (Å²) in [5.41, 5.74) is 0.957. The average Bonchev–Trinajstić information content (AvgIpc) is 2.90. The van der Waals surface area contributed by atoms with Gasteiger partial charge in [-0.05, 0) is 42.5 Å². The van der Waals surface area contributed by atoms with Crippen molar-refractivity contribution in [2.45, 2.75) is 0 Å². The molecule has 122 valence electrons. The molecule has 4 nitrogen and oxygen atoms in total. The molecular formula is C15H8Cl3N3OS2. The molecule has 0 bridgehead atoms. The average molecular weight is 417 g/mol. The number of hydrogen-bond acceptors (Lipinski definition) is 4. The van der Waals surface area contributed by atoms with Crippen LogP contribution in [0.2, 0.25) is 15.1 Å². The van der Waals surface area contributed by atoms with E-state index >= 15 is 0 Å². The van der Waals surface area contributed by atoms with Crippen LogP contribution in [0.3, 0.4) is 0 Å². The first-order valence-corrected chi connectivity index (χ1v) is 8.92. The quantitative estimate of drug-likeness (QED) is 0.550. The standard InChI is InChI=1S/C15H8Cl3N3OS2/c16-7-4-5-8(10(18)6-7)13(22)20-14(23)21-15-19-12-9(17)2-1-3-11(12)24-15/h1-6H,(H2,19,20,21,22,23). The van der Waals surface area contributed by atoms with Crippen molar-refractivity contribution in [3.63, 3.8) is 0 Å². The third-order valence-corrected chi connectivity index (χ3v) is 4.99. The fraction of sp³-hybridized carbons (Fsp3) is 0. The highest BCUT2D eigenvalue weighted by Crippen LogP contribution is 2.30. The van der Waals surface area contributed by atoms with Crippen LogP contribution in [0.5, 0.6) is 0 Å². The number of carbonyl (C=O) groups is 1. The van der Waals surface area contributed by atoms with E-state index < -0.39 is 5.91 Å². The van der Waals surface area contributed by atoms with Gasteiger partial charge < -0.3 is 5.32 Å². The van der Waals surface area contributed by atoms with E-state index in [9.17, 15) is 4.79 Å². The van der Waals surface area contributed by atoms with E-state index in [4.69, 9.17) is 47.0 Å². The molecule has 2 N–H and O–H groups in total. The molecule has 0 spiro atoms. The minimum atomic E-state index is -0.437. The van der Waals surface area contributed by atoms with Gasteiger partial charge in [0, 0.05) is 5.02 Å². The lowest BCUT2D eigenvalue weighted by Gasteiger charge is -2.08. The number of aromatic nitrogens is 1. The van der Waals surface area contributed by atoms with Crippen molar-refractivity contribution < 1.29 is 4.79 Å². The van der Waals surface area contributed by atoms with Gasteiger partial charge in [-0.25, -0.2) is 4.98 Å². The van der Waals surface area contributed by atoms with Gasteiger partial charge in [-0.3, -0.25) is 10.1 Å². The van der Waals surface area contributed by atoms with Gasteiger partial charge in [0.1, 0.15) is 5.52 Å². The molecule has 0 aliphatic rings. The van der Waals surface area contributed by atoms with E-state index in [0.717, 1.165) is 4.70 Å². The first kappa shape index (κ1) is 17.4. The monoisotopic (exact) mass is 415 g/mol. The Morgan fingerprint density at radius 3 is 2.62 bits per heavy atom. The maximum atomic E-state index is 12.2. The summed E-state index contributed by atoms with van der Waals surface area (Å²) in [6.45, 7) is 0. The Balaban J connectivity index is 1.72. The summed E-state index contributed by atoms with van der Waals surface area (Å²) in [5, 5.41) is 7.31. The molecule has 0 atom stereocenters. The lowest BCUT2D eigenvalue weighted by Crippen LogP contribution is -2.34. The Labute approximate surface area is 161 Å². The Hall–Kier alpha value is -1.44. The number of thiocarbonyl (C=S) groups is 1. The molecule has 9 heteroatoms. The topological polar surface area (TPSA) is 54.0 Å². The van der Waals surface area contributed by atoms with E-state index in [1.54, 1.807) is 12.1 Å². The van der Waals surface area contributed by atoms with E-state index in [-0.39, 0.29) is 15.7 Å². The molecule has 1 aromatic heterocycles. The summed E-state index contributed by atoms with van der Waals surface area (Å²) in [6, 6.07) is 10.1. The largest absolute Gasteiger partial charge is 0.308 e. The van der Waals surface area contributed by atoms with Crippen molar-refractivity contribution in [1.29, 1.82) is 0 Å². The van der Waals surface area contributed by atoms with Crippen molar-refractivity contribution in [3.05, 3.63) is 57.0 Å². The molecule has 24 heavy (non-hydrogen) atoms. The van der Waals surface area contributed by atoms with Gasteiger partial charge in [0.05, 0.1) is 20.3 Å². The maximum Gasteiger partial charge on any atom is 0.258 e. The van der Waals surface area contributed by atoms with Crippen LogP contribution in [0.15, 0.2) is 36.4 Å². The predicted octanol–water partition coefficient (Wildman–Crippen LogP) is 5.38. The van der Waals surface area contributed by atoms with E-state index in [0.29, 0.717) is 20.7 Å². The molecule has 0 saturated carbocycles. The smallest absolute Gasteiger partial charge is 0.258 e. The Morgan fingerprint density at radius 2 is 1.92 bits per heavy atom. The lowest BCUT2D eigenvalue weighted by molar-refractivity contribution is 0.0978. The summed E-state index contributed by atoms with van der Waals surface area (Å²) in [6.07, 6.45) is 0. The summed E-state index contributed by atoms with van der Waals surface area (Å²) in [4.78, 5) is 16.6. The van der Waals surface area contributed by atoms with Crippen LogP contribution in [-0.2, 0) is 0 Å². The molecule has 0 fully saturated rings. The summed E-state index contributed by atoms with van der Waals surface area (Å²) in [7, 11) is 0. The van der Waals surface area contributed by atoms with Gasteiger partial charge in [0.2, 0.25) is 0 Å². The number of benzene rings is 2. The zero-order valence-electron chi connectivity index (χ0n) is 11.8. The SMILES string of the molecule is O=C(NC(=S)Nc1nc2c(Cl)cccc2s1)c1ccc(Cl)cc1Cl. The lowest BCUT2D eigenvalue weighted by atomic mass is 10.2. The van der Waals surface area contributed by atoms with Crippen LogP contribution in [-0.4, -0.2) is 16.0 Å². The van der Waals surface area contributed by atoms with Crippen molar-refractivity contribution in [2.75, 3.05) is 5.32 Å². The first-order valence-electron chi connectivity index (χ1n) is 6.56. The normalized spacial score (nSPS) is 10.6. The predicted molar refractivity (Wildman–Crippen MR) is 105 cm³/mol. The number of halogens is 3. The number of para-hydroxylation sites is 1. The number of rotatable bonds is 2. The van der Waals surface area contributed by atoms with Crippen LogP contribution in [0.1, 0.15) is 10.4 Å². The van der Waals surface area contributed by atoms with Crippen LogP contribution >= 0.6 is 58.4 Å². The summed E-state index contributed by atoms with van der Waals surface area (Å²) >= 11 is 24.4. The van der Waals surface area contributed by atoms with Crippen molar-refractivity contribution in [1.82, 2.24) is 10.3 Å².